The zero-order chi connectivity index (χ0) is 22.0. The Morgan fingerprint density at radius 3 is 2.45 bits per heavy atom. The van der Waals surface area contributed by atoms with E-state index < -0.39 is 0 Å². The molecule has 5 heteroatoms. The van der Waals surface area contributed by atoms with Crippen LogP contribution in [0.25, 0.3) is 33.2 Å². The van der Waals surface area contributed by atoms with Gasteiger partial charge in [0, 0.05) is 64.3 Å². The molecule has 0 saturated carbocycles. The van der Waals surface area contributed by atoms with E-state index in [-0.39, 0.29) is 0 Å². The molecule has 4 nitrogen and oxygen atoms in total. The van der Waals surface area contributed by atoms with E-state index in [0.29, 0.717) is 5.92 Å². The summed E-state index contributed by atoms with van der Waals surface area (Å²) in [5, 5.41) is 1.90. The molecule has 0 N–H and O–H groups in total. The van der Waals surface area contributed by atoms with Crippen LogP contribution >= 0.6 is 11.6 Å². The van der Waals surface area contributed by atoms with Crippen LogP contribution in [0.2, 0.25) is 5.02 Å². The Bertz CT molecular complexity index is 1180. The van der Waals surface area contributed by atoms with Gasteiger partial charge in [0.15, 0.2) is 0 Å². The quantitative estimate of drug-likeness (QED) is 0.346. The number of rotatable bonds is 7. The van der Waals surface area contributed by atoms with E-state index in [4.69, 9.17) is 16.3 Å². The second-order valence-corrected chi connectivity index (χ2v) is 8.85. The van der Waals surface area contributed by atoms with Gasteiger partial charge in [0.2, 0.25) is 0 Å². The monoisotopic (exact) mass is 433 g/mol. The van der Waals surface area contributed by atoms with Gasteiger partial charge in [0.1, 0.15) is 5.75 Å². The maximum Gasteiger partial charge on any atom is 0.119 e. The van der Waals surface area contributed by atoms with Crippen molar-refractivity contribution >= 4 is 22.5 Å². The molecule has 0 saturated heterocycles. The lowest BCUT2D eigenvalue weighted by Crippen LogP contribution is -2.22. The van der Waals surface area contributed by atoms with Gasteiger partial charge in [-0.3, -0.25) is 4.98 Å². The van der Waals surface area contributed by atoms with Crippen LogP contribution in [-0.2, 0) is 6.54 Å². The maximum atomic E-state index is 6.06. The highest BCUT2D eigenvalue weighted by Crippen LogP contribution is 2.35. The number of fused-ring (bicyclic) bond motifs is 1. The molecule has 0 spiro atoms. The van der Waals surface area contributed by atoms with Crippen LogP contribution < -0.4 is 4.74 Å². The number of nitrogens with zero attached hydrogens (tertiary/aromatic N) is 3. The van der Waals surface area contributed by atoms with E-state index in [2.05, 4.69) is 59.9 Å². The number of aromatic nitrogens is 2. The molecule has 4 aromatic rings. The average Bonchev–Trinajstić information content (AvgIpc) is 3.11. The third-order valence-corrected chi connectivity index (χ3v) is 5.75. The fourth-order valence-corrected chi connectivity index (χ4v) is 4.31. The number of hydrogen-bond donors (Lipinski definition) is 0. The minimum atomic E-state index is 0.527. The standard InChI is InChI=1S/C26H28ClN3O/c1-18(15-29(2)3)16-30-17-25(24-12-23(31-4)9-10-26(24)30)21-11-20(13-28-14-21)19-5-7-22(27)8-6-19/h5-14,17-18H,15-16H2,1-4H3. The molecule has 0 aliphatic rings. The molecule has 1 unspecified atom stereocenters. The van der Waals surface area contributed by atoms with E-state index >= 15 is 0 Å². The molecule has 160 valence electrons. The zero-order valence-electron chi connectivity index (χ0n) is 18.5. The second-order valence-electron chi connectivity index (χ2n) is 8.41. The van der Waals surface area contributed by atoms with Crippen LogP contribution in [0.15, 0.2) is 67.1 Å². The Balaban J connectivity index is 1.79. The Morgan fingerprint density at radius 1 is 1.00 bits per heavy atom. The topological polar surface area (TPSA) is 30.3 Å². The third kappa shape index (κ3) is 4.76. The highest BCUT2D eigenvalue weighted by Gasteiger charge is 2.15. The first kappa shape index (κ1) is 21.4. The highest BCUT2D eigenvalue weighted by molar-refractivity contribution is 6.30. The van der Waals surface area contributed by atoms with Gasteiger partial charge in [0.25, 0.3) is 0 Å². The van der Waals surface area contributed by atoms with Crippen molar-refractivity contribution in [2.75, 3.05) is 27.7 Å². The van der Waals surface area contributed by atoms with Gasteiger partial charge in [-0.2, -0.15) is 0 Å². The summed E-state index contributed by atoms with van der Waals surface area (Å²) in [7, 11) is 5.95. The molecule has 4 rings (SSSR count). The van der Waals surface area contributed by atoms with Gasteiger partial charge in [-0.05, 0) is 62.0 Å². The van der Waals surface area contributed by atoms with Crippen molar-refractivity contribution in [1.29, 1.82) is 0 Å². The Hall–Kier alpha value is -2.82. The molecule has 0 fully saturated rings. The predicted octanol–water partition coefficient (Wildman–Crippen LogP) is 6.23. The lowest BCUT2D eigenvalue weighted by Gasteiger charge is -2.18. The molecular formula is C26H28ClN3O. The van der Waals surface area contributed by atoms with Gasteiger partial charge in [0.05, 0.1) is 7.11 Å². The van der Waals surface area contributed by atoms with Crippen LogP contribution in [-0.4, -0.2) is 42.2 Å². The van der Waals surface area contributed by atoms with Crippen LogP contribution in [0.4, 0.5) is 0 Å². The average molecular weight is 434 g/mol. The summed E-state index contributed by atoms with van der Waals surface area (Å²) in [6.07, 6.45) is 6.08. The van der Waals surface area contributed by atoms with Gasteiger partial charge in [-0.15, -0.1) is 0 Å². The first-order chi connectivity index (χ1) is 14.9. The van der Waals surface area contributed by atoms with Crippen LogP contribution in [0.1, 0.15) is 6.92 Å². The maximum absolute atomic E-state index is 6.06. The van der Waals surface area contributed by atoms with Gasteiger partial charge in [-0.1, -0.05) is 30.7 Å². The van der Waals surface area contributed by atoms with Crippen molar-refractivity contribution in [2.45, 2.75) is 13.5 Å². The van der Waals surface area contributed by atoms with Crippen molar-refractivity contribution in [1.82, 2.24) is 14.5 Å². The van der Waals surface area contributed by atoms with Gasteiger partial charge >= 0.3 is 0 Å². The van der Waals surface area contributed by atoms with Crippen molar-refractivity contribution in [3.63, 3.8) is 0 Å². The molecule has 0 radical (unpaired) electrons. The number of pyridine rings is 1. The van der Waals surface area contributed by atoms with Crippen molar-refractivity contribution in [2.24, 2.45) is 5.92 Å². The van der Waals surface area contributed by atoms with Crippen molar-refractivity contribution in [3.8, 4) is 28.0 Å². The lowest BCUT2D eigenvalue weighted by atomic mass is 10.0. The minimum Gasteiger partial charge on any atom is -0.497 e. The number of hydrogen-bond acceptors (Lipinski definition) is 3. The Labute approximate surface area is 189 Å². The molecule has 0 aliphatic carbocycles. The van der Waals surface area contributed by atoms with Crippen LogP contribution in [0.5, 0.6) is 5.75 Å². The molecule has 0 amide bonds. The number of methoxy groups -OCH3 is 1. The Kier molecular flexibility index (Phi) is 6.30. The summed E-state index contributed by atoms with van der Waals surface area (Å²) in [4.78, 5) is 6.77. The largest absolute Gasteiger partial charge is 0.497 e. The minimum absolute atomic E-state index is 0.527. The van der Waals surface area contributed by atoms with Crippen LogP contribution in [0.3, 0.4) is 0 Å². The molecule has 0 aliphatic heterocycles. The summed E-state index contributed by atoms with van der Waals surface area (Å²) in [5.41, 5.74) is 5.62. The normalized spacial score (nSPS) is 12.5. The first-order valence-electron chi connectivity index (χ1n) is 10.5. The Morgan fingerprint density at radius 2 is 1.74 bits per heavy atom. The van der Waals surface area contributed by atoms with Gasteiger partial charge in [-0.25, -0.2) is 0 Å². The van der Waals surface area contributed by atoms with E-state index in [0.717, 1.165) is 46.1 Å². The second kappa shape index (κ2) is 9.13. The summed E-state index contributed by atoms with van der Waals surface area (Å²) in [6, 6.07) is 16.4. The van der Waals surface area contributed by atoms with E-state index in [1.807, 2.05) is 42.7 Å². The molecule has 1 atom stereocenters. The fraction of sp³-hybridized carbons (Fsp3) is 0.269. The fourth-order valence-electron chi connectivity index (χ4n) is 4.19. The summed E-state index contributed by atoms with van der Waals surface area (Å²) in [5.74, 6) is 1.38. The SMILES string of the molecule is COc1ccc2c(c1)c(-c1cncc(-c3ccc(Cl)cc3)c1)cn2CC(C)CN(C)C. The van der Waals surface area contributed by atoms with Crippen molar-refractivity contribution < 1.29 is 4.74 Å². The van der Waals surface area contributed by atoms with Crippen molar-refractivity contribution in [3.05, 3.63) is 72.1 Å². The molecule has 0 bridgehead atoms. The predicted molar refractivity (Wildman–Crippen MR) is 130 cm³/mol. The smallest absolute Gasteiger partial charge is 0.119 e. The zero-order valence-corrected chi connectivity index (χ0v) is 19.2. The molecular weight excluding hydrogens is 406 g/mol. The lowest BCUT2D eigenvalue weighted by molar-refractivity contribution is 0.318. The molecule has 2 heterocycles. The summed E-state index contributed by atoms with van der Waals surface area (Å²) in [6.45, 7) is 4.28. The first-order valence-corrected chi connectivity index (χ1v) is 10.9. The molecule has 31 heavy (non-hydrogen) atoms. The third-order valence-electron chi connectivity index (χ3n) is 5.50. The van der Waals surface area contributed by atoms with Crippen LogP contribution in [0, 0.1) is 5.92 Å². The van der Waals surface area contributed by atoms with E-state index in [1.165, 1.54) is 10.9 Å². The molecule has 2 aromatic carbocycles. The number of benzene rings is 2. The number of halogens is 1. The molecule has 2 aromatic heterocycles. The summed E-state index contributed by atoms with van der Waals surface area (Å²) >= 11 is 6.06. The number of ether oxygens (including phenoxy) is 1. The van der Waals surface area contributed by atoms with E-state index in [9.17, 15) is 0 Å². The van der Waals surface area contributed by atoms with Gasteiger partial charge < -0.3 is 14.2 Å². The van der Waals surface area contributed by atoms with E-state index in [1.54, 1.807) is 7.11 Å². The summed E-state index contributed by atoms with van der Waals surface area (Å²) < 4.78 is 7.87. The highest BCUT2D eigenvalue weighted by atomic mass is 35.5.